The first-order valence-corrected chi connectivity index (χ1v) is 7.12. The Labute approximate surface area is 145 Å². The molecule has 9 nitrogen and oxygen atoms in total. The molecule has 2 rings (SSSR count). The van der Waals surface area contributed by atoms with Gasteiger partial charge < -0.3 is 16.4 Å². The van der Waals surface area contributed by atoms with Crippen molar-refractivity contribution in [3.8, 4) is 0 Å². The Morgan fingerprint density at radius 1 is 1.04 bits per heavy atom. The fraction of sp³-hybridized carbons (Fsp3) is 0. The number of nitrogens with two attached hydrogens (primary N) is 1. The summed E-state index contributed by atoms with van der Waals surface area (Å²) >= 11 is 5.67. The van der Waals surface area contributed by atoms with Crippen molar-refractivity contribution in [1.82, 2.24) is 0 Å². The van der Waals surface area contributed by atoms with Crippen LogP contribution in [0.15, 0.2) is 42.5 Å². The first kappa shape index (κ1) is 17.9. The number of para-hydroxylation sites is 1. The van der Waals surface area contributed by atoms with Gasteiger partial charge in [-0.1, -0.05) is 23.7 Å². The van der Waals surface area contributed by atoms with Gasteiger partial charge in [-0.05, 0) is 24.3 Å². The molecule has 10 heteroatoms. The molecule has 0 saturated heterocycles. The van der Waals surface area contributed by atoms with Crippen molar-refractivity contribution in [3.63, 3.8) is 0 Å². The van der Waals surface area contributed by atoms with E-state index in [4.69, 9.17) is 17.3 Å². The summed E-state index contributed by atoms with van der Waals surface area (Å²) in [6, 6.07) is 9.42. The van der Waals surface area contributed by atoms with E-state index in [9.17, 15) is 24.5 Å². The lowest BCUT2D eigenvalue weighted by Crippen LogP contribution is -2.30. The van der Waals surface area contributed by atoms with Gasteiger partial charge in [-0.15, -0.1) is 0 Å². The minimum absolute atomic E-state index is 0.0134. The van der Waals surface area contributed by atoms with E-state index in [0.29, 0.717) is 0 Å². The summed E-state index contributed by atoms with van der Waals surface area (Å²) in [5.41, 5.74) is 4.88. The zero-order valence-corrected chi connectivity index (χ0v) is 13.2. The summed E-state index contributed by atoms with van der Waals surface area (Å²) in [6.07, 6.45) is 0. The third kappa shape index (κ3) is 4.30. The monoisotopic (exact) mass is 362 g/mol. The molecule has 3 amide bonds. The van der Waals surface area contributed by atoms with E-state index in [0.717, 1.165) is 6.07 Å². The Balaban J connectivity index is 2.14. The molecule has 2 aromatic carbocycles. The van der Waals surface area contributed by atoms with Gasteiger partial charge in [0.15, 0.2) is 0 Å². The van der Waals surface area contributed by atoms with Crippen LogP contribution in [-0.4, -0.2) is 22.6 Å². The Bertz CT molecular complexity index is 884. The second kappa shape index (κ2) is 7.41. The summed E-state index contributed by atoms with van der Waals surface area (Å²) in [5.74, 6) is -2.94. The fourth-order valence-electron chi connectivity index (χ4n) is 1.90. The average molecular weight is 363 g/mol. The molecule has 25 heavy (non-hydrogen) atoms. The first-order valence-electron chi connectivity index (χ1n) is 6.74. The average Bonchev–Trinajstić information content (AvgIpc) is 2.56. The van der Waals surface area contributed by atoms with Gasteiger partial charge in [-0.2, -0.15) is 0 Å². The van der Waals surface area contributed by atoms with Crippen molar-refractivity contribution in [2.24, 2.45) is 5.73 Å². The topological polar surface area (TPSA) is 144 Å². The Hall–Kier alpha value is -3.46. The van der Waals surface area contributed by atoms with Crippen molar-refractivity contribution in [2.45, 2.75) is 0 Å². The van der Waals surface area contributed by atoms with Crippen LogP contribution in [0.2, 0.25) is 5.02 Å². The molecule has 4 N–H and O–H groups in total. The number of anilines is 2. The fourth-order valence-corrected chi connectivity index (χ4v) is 2.09. The second-order valence-corrected chi connectivity index (χ2v) is 5.15. The summed E-state index contributed by atoms with van der Waals surface area (Å²) < 4.78 is 0. The molecule has 0 aliphatic carbocycles. The molecule has 128 valence electrons. The number of carbonyl (C=O) groups excluding carboxylic acids is 3. The number of halogens is 1. The van der Waals surface area contributed by atoms with Gasteiger partial charge in [0, 0.05) is 11.8 Å². The van der Waals surface area contributed by atoms with Gasteiger partial charge >= 0.3 is 11.8 Å². The zero-order valence-electron chi connectivity index (χ0n) is 12.5. The maximum Gasteiger partial charge on any atom is 0.314 e. The number of amides is 3. The standard InChI is InChI=1S/C15H11ClN4O5/c16-10-6-5-8(7-12(10)20(24)25)18-14(22)15(23)19-11-4-2-1-3-9(11)13(17)21/h1-7H,(H2,17,21)(H,18,22)(H,19,23). The quantitative estimate of drug-likeness (QED) is 0.432. The van der Waals surface area contributed by atoms with Crippen LogP contribution in [0.3, 0.4) is 0 Å². The van der Waals surface area contributed by atoms with Crippen LogP contribution in [0.1, 0.15) is 10.4 Å². The third-order valence-electron chi connectivity index (χ3n) is 3.05. The highest BCUT2D eigenvalue weighted by atomic mass is 35.5. The second-order valence-electron chi connectivity index (χ2n) is 4.74. The van der Waals surface area contributed by atoms with Crippen molar-refractivity contribution < 1.29 is 19.3 Å². The molecule has 0 unspecified atom stereocenters. The van der Waals surface area contributed by atoms with Crippen LogP contribution < -0.4 is 16.4 Å². The summed E-state index contributed by atoms with van der Waals surface area (Å²) in [7, 11) is 0. The Morgan fingerprint density at radius 2 is 1.68 bits per heavy atom. The number of hydrogen-bond acceptors (Lipinski definition) is 5. The van der Waals surface area contributed by atoms with Crippen LogP contribution in [0.5, 0.6) is 0 Å². The highest BCUT2D eigenvalue weighted by molar-refractivity contribution is 6.44. The smallest absolute Gasteiger partial charge is 0.314 e. The predicted octanol–water partition coefficient (Wildman–Crippen LogP) is 1.92. The number of nitro benzene ring substituents is 1. The van der Waals surface area contributed by atoms with Gasteiger partial charge in [0.2, 0.25) is 0 Å². The van der Waals surface area contributed by atoms with Crippen molar-refractivity contribution in [1.29, 1.82) is 0 Å². The number of nitrogens with zero attached hydrogens (tertiary/aromatic N) is 1. The van der Waals surface area contributed by atoms with E-state index in [-0.39, 0.29) is 22.0 Å². The highest BCUT2D eigenvalue weighted by Gasteiger charge is 2.19. The number of nitrogens with one attached hydrogen (secondary N) is 2. The van der Waals surface area contributed by atoms with Crippen molar-refractivity contribution in [2.75, 3.05) is 10.6 Å². The molecule has 2 aromatic rings. The zero-order chi connectivity index (χ0) is 18.6. The minimum atomic E-state index is -1.09. The molecule has 0 atom stereocenters. The molecule has 0 fully saturated rings. The van der Waals surface area contributed by atoms with E-state index in [2.05, 4.69) is 10.6 Å². The molecule has 0 aliphatic rings. The normalized spacial score (nSPS) is 9.96. The predicted molar refractivity (Wildman–Crippen MR) is 90.3 cm³/mol. The number of primary amides is 1. The van der Waals surface area contributed by atoms with E-state index < -0.39 is 28.3 Å². The Morgan fingerprint density at radius 3 is 2.32 bits per heavy atom. The SMILES string of the molecule is NC(=O)c1ccccc1NC(=O)C(=O)Nc1ccc(Cl)c([N+](=O)[O-])c1. The van der Waals surface area contributed by atoms with Gasteiger partial charge in [0.05, 0.1) is 16.2 Å². The lowest BCUT2D eigenvalue weighted by molar-refractivity contribution is -0.384. The maximum atomic E-state index is 11.9. The molecule has 0 aromatic heterocycles. The van der Waals surface area contributed by atoms with Crippen LogP contribution in [-0.2, 0) is 9.59 Å². The number of nitro groups is 1. The van der Waals surface area contributed by atoms with Crippen LogP contribution >= 0.6 is 11.6 Å². The maximum absolute atomic E-state index is 11.9. The first-order chi connectivity index (χ1) is 11.8. The van der Waals surface area contributed by atoms with Crippen LogP contribution in [0, 0.1) is 10.1 Å². The lowest BCUT2D eigenvalue weighted by atomic mass is 10.1. The van der Waals surface area contributed by atoms with Gasteiger partial charge in [0.1, 0.15) is 5.02 Å². The summed E-state index contributed by atoms with van der Waals surface area (Å²) in [6.45, 7) is 0. The third-order valence-corrected chi connectivity index (χ3v) is 3.37. The highest BCUT2D eigenvalue weighted by Crippen LogP contribution is 2.27. The molecular weight excluding hydrogens is 352 g/mol. The van der Waals surface area contributed by atoms with Crippen molar-refractivity contribution >= 4 is 46.4 Å². The van der Waals surface area contributed by atoms with Crippen molar-refractivity contribution in [3.05, 3.63) is 63.2 Å². The molecule has 0 saturated carbocycles. The number of hydrogen-bond donors (Lipinski definition) is 3. The largest absolute Gasteiger partial charge is 0.366 e. The summed E-state index contributed by atoms with van der Waals surface area (Å²) in [4.78, 5) is 45.3. The molecule has 0 heterocycles. The number of benzene rings is 2. The number of rotatable bonds is 4. The molecule has 0 bridgehead atoms. The molecule has 0 aliphatic heterocycles. The molecule has 0 spiro atoms. The van der Waals surface area contributed by atoms with E-state index in [1.807, 2.05) is 0 Å². The Kier molecular flexibility index (Phi) is 5.30. The molecular formula is C15H11ClN4O5. The van der Waals surface area contributed by atoms with E-state index >= 15 is 0 Å². The summed E-state index contributed by atoms with van der Waals surface area (Å²) in [5, 5.41) is 15.2. The van der Waals surface area contributed by atoms with Crippen LogP contribution in [0.25, 0.3) is 0 Å². The van der Waals surface area contributed by atoms with E-state index in [1.54, 1.807) is 12.1 Å². The van der Waals surface area contributed by atoms with Gasteiger partial charge in [-0.25, -0.2) is 0 Å². The van der Waals surface area contributed by atoms with Gasteiger partial charge in [0.25, 0.3) is 11.6 Å². The minimum Gasteiger partial charge on any atom is -0.366 e. The van der Waals surface area contributed by atoms with Crippen LogP contribution in [0.4, 0.5) is 17.1 Å². The molecule has 0 radical (unpaired) electrons. The van der Waals surface area contributed by atoms with E-state index in [1.165, 1.54) is 24.3 Å². The lowest BCUT2D eigenvalue weighted by Gasteiger charge is -2.09. The van der Waals surface area contributed by atoms with Gasteiger partial charge in [-0.3, -0.25) is 24.5 Å². The number of carbonyl (C=O) groups is 3.